The average Bonchev–Trinajstić information content (AvgIpc) is 2.98. The Hall–Kier alpha value is -3.14. The maximum atomic E-state index is 12.7. The Morgan fingerprint density at radius 2 is 1.77 bits per heavy atom. The summed E-state index contributed by atoms with van der Waals surface area (Å²) in [6, 6.07) is 17.7. The Bertz CT molecular complexity index is 1070. The standard InChI is InChI=1S/C22H18N2O2/c25-20-13-18-12-19(11-16-6-3-9-24(20)21(16)18)23-22(26)17-8-7-14-4-1-2-5-15(14)10-17/h1-2,4-5,7-8,10-12H,3,6,9,13H2,(H,23,26). The van der Waals surface area contributed by atoms with E-state index in [1.54, 1.807) is 0 Å². The molecule has 0 aromatic heterocycles. The average molecular weight is 342 g/mol. The normalized spacial score (nSPS) is 15.2. The Balaban J connectivity index is 1.47. The van der Waals surface area contributed by atoms with E-state index in [2.05, 4.69) is 5.32 Å². The van der Waals surface area contributed by atoms with E-state index in [-0.39, 0.29) is 11.8 Å². The minimum Gasteiger partial charge on any atom is -0.322 e. The van der Waals surface area contributed by atoms with Gasteiger partial charge in [0, 0.05) is 17.8 Å². The summed E-state index contributed by atoms with van der Waals surface area (Å²) < 4.78 is 0. The van der Waals surface area contributed by atoms with E-state index in [4.69, 9.17) is 0 Å². The molecule has 2 amide bonds. The van der Waals surface area contributed by atoms with E-state index in [0.29, 0.717) is 12.0 Å². The molecule has 26 heavy (non-hydrogen) atoms. The van der Waals surface area contributed by atoms with E-state index in [1.807, 2.05) is 59.5 Å². The van der Waals surface area contributed by atoms with Gasteiger partial charge in [0.25, 0.3) is 5.91 Å². The lowest BCUT2D eigenvalue weighted by Gasteiger charge is -2.26. The molecule has 0 fully saturated rings. The van der Waals surface area contributed by atoms with Gasteiger partial charge in [-0.3, -0.25) is 9.59 Å². The molecule has 0 saturated carbocycles. The second kappa shape index (κ2) is 5.70. The Kier molecular flexibility index (Phi) is 3.32. The van der Waals surface area contributed by atoms with Gasteiger partial charge in [-0.25, -0.2) is 0 Å². The number of hydrogen-bond acceptors (Lipinski definition) is 2. The van der Waals surface area contributed by atoms with Crippen LogP contribution < -0.4 is 10.2 Å². The van der Waals surface area contributed by atoms with Gasteiger partial charge in [0.2, 0.25) is 5.91 Å². The van der Waals surface area contributed by atoms with Crippen molar-refractivity contribution >= 4 is 34.0 Å². The van der Waals surface area contributed by atoms with Crippen LogP contribution in [0, 0.1) is 0 Å². The molecule has 0 bridgehead atoms. The summed E-state index contributed by atoms with van der Waals surface area (Å²) in [7, 11) is 0. The molecule has 3 aromatic rings. The lowest BCUT2D eigenvalue weighted by Crippen LogP contribution is -2.31. The first-order valence-electron chi connectivity index (χ1n) is 8.95. The van der Waals surface area contributed by atoms with Crippen molar-refractivity contribution in [2.45, 2.75) is 19.3 Å². The fourth-order valence-corrected chi connectivity index (χ4v) is 4.09. The van der Waals surface area contributed by atoms with Crippen molar-refractivity contribution in [2.24, 2.45) is 0 Å². The molecule has 0 atom stereocenters. The number of benzene rings is 3. The van der Waals surface area contributed by atoms with Gasteiger partial charge in [0.1, 0.15) is 0 Å². The number of fused-ring (bicyclic) bond motifs is 1. The molecule has 2 heterocycles. The molecule has 0 aliphatic carbocycles. The molecule has 0 saturated heterocycles. The zero-order chi connectivity index (χ0) is 17.7. The molecule has 128 valence electrons. The van der Waals surface area contributed by atoms with Crippen LogP contribution in [0.3, 0.4) is 0 Å². The Morgan fingerprint density at radius 3 is 2.65 bits per heavy atom. The lowest BCUT2D eigenvalue weighted by atomic mass is 9.99. The largest absolute Gasteiger partial charge is 0.322 e. The minimum absolute atomic E-state index is 0.125. The first kappa shape index (κ1) is 15.1. The smallest absolute Gasteiger partial charge is 0.255 e. The van der Waals surface area contributed by atoms with Crippen molar-refractivity contribution < 1.29 is 9.59 Å². The number of hydrogen-bond donors (Lipinski definition) is 1. The predicted molar refractivity (Wildman–Crippen MR) is 103 cm³/mol. The molecule has 2 aliphatic heterocycles. The van der Waals surface area contributed by atoms with Crippen LogP contribution in [0.25, 0.3) is 10.8 Å². The summed E-state index contributed by atoms with van der Waals surface area (Å²) in [5.41, 5.74) is 4.67. The third-order valence-electron chi connectivity index (χ3n) is 5.28. The lowest BCUT2D eigenvalue weighted by molar-refractivity contribution is -0.117. The molecule has 0 radical (unpaired) electrons. The molecule has 4 heteroatoms. The van der Waals surface area contributed by atoms with Crippen molar-refractivity contribution in [3.63, 3.8) is 0 Å². The summed E-state index contributed by atoms with van der Waals surface area (Å²) in [6.07, 6.45) is 2.36. The van der Waals surface area contributed by atoms with Crippen LogP contribution in [0.5, 0.6) is 0 Å². The Morgan fingerprint density at radius 1 is 0.962 bits per heavy atom. The number of carbonyl (C=O) groups is 2. The van der Waals surface area contributed by atoms with E-state index < -0.39 is 0 Å². The van der Waals surface area contributed by atoms with Gasteiger partial charge in [-0.2, -0.15) is 0 Å². The van der Waals surface area contributed by atoms with E-state index in [1.165, 1.54) is 0 Å². The molecular weight excluding hydrogens is 324 g/mol. The first-order valence-corrected chi connectivity index (χ1v) is 8.95. The minimum atomic E-state index is -0.125. The second-order valence-electron chi connectivity index (χ2n) is 6.98. The quantitative estimate of drug-likeness (QED) is 0.767. The molecule has 1 N–H and O–H groups in total. The van der Waals surface area contributed by atoms with Crippen LogP contribution in [0.1, 0.15) is 27.9 Å². The number of nitrogens with zero attached hydrogens (tertiary/aromatic N) is 1. The highest BCUT2D eigenvalue weighted by molar-refractivity contribution is 6.08. The monoisotopic (exact) mass is 342 g/mol. The van der Waals surface area contributed by atoms with Crippen LogP contribution >= 0.6 is 0 Å². The molecular formula is C22H18N2O2. The highest BCUT2D eigenvalue weighted by Crippen LogP contribution is 2.38. The number of anilines is 2. The highest BCUT2D eigenvalue weighted by atomic mass is 16.2. The van der Waals surface area contributed by atoms with E-state index in [0.717, 1.165) is 52.7 Å². The van der Waals surface area contributed by atoms with Crippen LogP contribution in [0.15, 0.2) is 54.6 Å². The van der Waals surface area contributed by atoms with Crippen LogP contribution in [0.4, 0.5) is 11.4 Å². The van der Waals surface area contributed by atoms with Gasteiger partial charge in [-0.15, -0.1) is 0 Å². The van der Waals surface area contributed by atoms with Crippen molar-refractivity contribution in [3.05, 3.63) is 71.3 Å². The van der Waals surface area contributed by atoms with Crippen molar-refractivity contribution in [1.82, 2.24) is 0 Å². The number of aryl methyl sites for hydroxylation is 1. The first-order chi connectivity index (χ1) is 12.7. The van der Waals surface area contributed by atoms with Crippen molar-refractivity contribution in [3.8, 4) is 0 Å². The van der Waals surface area contributed by atoms with Gasteiger partial charge in [0.05, 0.1) is 12.1 Å². The summed E-state index contributed by atoms with van der Waals surface area (Å²) in [5, 5.41) is 5.17. The molecule has 3 aromatic carbocycles. The molecule has 2 aliphatic rings. The fraction of sp³-hybridized carbons (Fsp3) is 0.182. The molecule has 5 rings (SSSR count). The van der Waals surface area contributed by atoms with Gasteiger partial charge in [-0.05, 0) is 59.0 Å². The predicted octanol–water partition coefficient (Wildman–Crippen LogP) is 3.93. The maximum Gasteiger partial charge on any atom is 0.255 e. The summed E-state index contributed by atoms with van der Waals surface area (Å²) in [6.45, 7) is 0.807. The summed E-state index contributed by atoms with van der Waals surface area (Å²) in [5.74, 6) is 0.0406. The topological polar surface area (TPSA) is 49.4 Å². The molecule has 0 unspecified atom stereocenters. The zero-order valence-electron chi connectivity index (χ0n) is 14.3. The molecule has 4 nitrogen and oxygen atoms in total. The highest BCUT2D eigenvalue weighted by Gasteiger charge is 2.32. The third kappa shape index (κ3) is 2.37. The van der Waals surface area contributed by atoms with Gasteiger partial charge in [-0.1, -0.05) is 30.3 Å². The summed E-state index contributed by atoms with van der Waals surface area (Å²) in [4.78, 5) is 26.8. The van der Waals surface area contributed by atoms with Crippen molar-refractivity contribution in [2.75, 3.05) is 16.8 Å². The van der Waals surface area contributed by atoms with Gasteiger partial charge < -0.3 is 10.2 Å². The van der Waals surface area contributed by atoms with Gasteiger partial charge >= 0.3 is 0 Å². The number of nitrogens with one attached hydrogen (secondary N) is 1. The Labute approximate surface area is 151 Å². The maximum absolute atomic E-state index is 12.7. The van der Waals surface area contributed by atoms with Crippen molar-refractivity contribution in [1.29, 1.82) is 0 Å². The fourth-order valence-electron chi connectivity index (χ4n) is 4.09. The number of rotatable bonds is 2. The summed E-state index contributed by atoms with van der Waals surface area (Å²) >= 11 is 0. The number of carbonyl (C=O) groups excluding carboxylic acids is 2. The van der Waals surface area contributed by atoms with Crippen LogP contribution in [0.2, 0.25) is 0 Å². The zero-order valence-corrected chi connectivity index (χ0v) is 14.3. The molecule has 0 spiro atoms. The SMILES string of the molecule is O=C(Nc1cc2c3c(c1)CC(=O)N3CCC2)c1ccc2ccccc2c1. The second-order valence-corrected chi connectivity index (χ2v) is 6.98. The van der Waals surface area contributed by atoms with E-state index in [9.17, 15) is 9.59 Å². The van der Waals surface area contributed by atoms with E-state index >= 15 is 0 Å². The van der Waals surface area contributed by atoms with Crippen LogP contribution in [-0.4, -0.2) is 18.4 Å². The third-order valence-corrected chi connectivity index (χ3v) is 5.28. The number of amides is 2. The van der Waals surface area contributed by atoms with Gasteiger partial charge in [0.15, 0.2) is 0 Å². The van der Waals surface area contributed by atoms with Crippen LogP contribution in [-0.2, 0) is 17.6 Å².